The van der Waals surface area contributed by atoms with E-state index in [0.29, 0.717) is 22.3 Å². The number of carbonyl (C=O) groups is 1. The topological polar surface area (TPSA) is 76.5 Å². The number of aromatic nitrogens is 2. The van der Waals surface area contributed by atoms with E-state index < -0.39 is 0 Å². The van der Waals surface area contributed by atoms with Crippen LogP contribution in [-0.2, 0) is 28.9 Å². The fourth-order valence-corrected chi connectivity index (χ4v) is 5.13. The predicted octanol–water partition coefficient (Wildman–Crippen LogP) is 2.84. The van der Waals surface area contributed by atoms with Gasteiger partial charge in [-0.1, -0.05) is 29.4 Å². The van der Waals surface area contributed by atoms with Crippen molar-refractivity contribution in [3.05, 3.63) is 51.0 Å². The Kier molecular flexibility index (Phi) is 7.66. The van der Waals surface area contributed by atoms with Crippen molar-refractivity contribution in [1.29, 1.82) is 0 Å². The van der Waals surface area contributed by atoms with Gasteiger partial charge in [0.25, 0.3) is 0 Å². The van der Waals surface area contributed by atoms with Gasteiger partial charge >= 0.3 is 5.69 Å². The van der Waals surface area contributed by atoms with E-state index in [0.717, 1.165) is 69.8 Å². The molecule has 0 atom stereocenters. The maximum absolute atomic E-state index is 12.8. The van der Waals surface area contributed by atoms with Crippen LogP contribution in [0.25, 0.3) is 0 Å². The van der Waals surface area contributed by atoms with Crippen LogP contribution in [-0.4, -0.2) is 59.0 Å². The molecule has 1 saturated heterocycles. The highest BCUT2D eigenvalue weighted by Gasteiger charge is 2.22. The number of carbonyl (C=O) groups excluding carboxylic acids is 1. The summed E-state index contributed by atoms with van der Waals surface area (Å²) in [6, 6.07) is 7.06. The van der Waals surface area contributed by atoms with E-state index in [1.807, 2.05) is 4.57 Å². The third kappa shape index (κ3) is 5.88. The van der Waals surface area contributed by atoms with Gasteiger partial charge in [0.05, 0.1) is 19.0 Å². The molecule has 1 amide bonds. The number of hydrogen-bond donors (Lipinski definition) is 1. The second-order valence-corrected chi connectivity index (χ2v) is 9.19. The van der Waals surface area contributed by atoms with Crippen LogP contribution < -0.4 is 11.0 Å². The van der Waals surface area contributed by atoms with Gasteiger partial charge in [-0.2, -0.15) is 4.98 Å². The summed E-state index contributed by atoms with van der Waals surface area (Å²) >= 11 is 7.31. The molecule has 0 saturated carbocycles. The second kappa shape index (κ2) is 10.6. The summed E-state index contributed by atoms with van der Waals surface area (Å²) in [6.07, 6.45) is 3.95. The largest absolute Gasteiger partial charge is 0.379 e. The second-order valence-electron chi connectivity index (χ2n) is 7.78. The molecule has 9 heteroatoms. The summed E-state index contributed by atoms with van der Waals surface area (Å²) < 4.78 is 7.25. The number of thioether (sulfide) groups is 1. The third-order valence-corrected chi connectivity index (χ3v) is 6.90. The Morgan fingerprint density at radius 2 is 2.00 bits per heavy atom. The number of nitrogens with one attached hydrogen (secondary N) is 1. The summed E-state index contributed by atoms with van der Waals surface area (Å²) in [5, 5.41) is 4.11. The van der Waals surface area contributed by atoms with Gasteiger partial charge in [0, 0.05) is 48.1 Å². The Bertz CT molecular complexity index is 991. The van der Waals surface area contributed by atoms with Gasteiger partial charge in [-0.25, -0.2) is 4.79 Å². The van der Waals surface area contributed by atoms with E-state index in [9.17, 15) is 9.59 Å². The highest BCUT2D eigenvalue weighted by molar-refractivity contribution is 8.00. The van der Waals surface area contributed by atoms with Crippen molar-refractivity contribution < 1.29 is 9.53 Å². The molecule has 0 spiro atoms. The van der Waals surface area contributed by atoms with Crippen molar-refractivity contribution in [2.24, 2.45) is 0 Å². The van der Waals surface area contributed by atoms with E-state index in [4.69, 9.17) is 16.3 Å². The number of morpholine rings is 1. The first kappa shape index (κ1) is 22.3. The molecule has 1 aromatic heterocycles. The third-order valence-electron chi connectivity index (χ3n) is 5.64. The number of hydrogen-bond acceptors (Lipinski definition) is 6. The first-order valence-electron chi connectivity index (χ1n) is 10.7. The van der Waals surface area contributed by atoms with E-state index in [-0.39, 0.29) is 17.3 Å². The summed E-state index contributed by atoms with van der Waals surface area (Å²) in [5.74, 6) is 0.0542. The van der Waals surface area contributed by atoms with E-state index in [1.54, 1.807) is 24.3 Å². The lowest BCUT2D eigenvalue weighted by molar-refractivity contribution is -0.113. The fourth-order valence-electron chi connectivity index (χ4n) is 4.06. The highest BCUT2D eigenvalue weighted by atomic mass is 35.5. The molecule has 4 rings (SSSR count). The molecular weight excluding hydrogens is 436 g/mol. The van der Waals surface area contributed by atoms with Crippen molar-refractivity contribution in [2.45, 2.75) is 37.3 Å². The van der Waals surface area contributed by atoms with Crippen molar-refractivity contribution >= 4 is 35.0 Å². The van der Waals surface area contributed by atoms with Crippen LogP contribution in [0.1, 0.15) is 24.1 Å². The normalized spacial score (nSPS) is 16.7. The molecule has 0 radical (unpaired) electrons. The van der Waals surface area contributed by atoms with Crippen LogP contribution in [0, 0.1) is 0 Å². The lowest BCUT2D eigenvalue weighted by Crippen LogP contribution is -2.40. The molecular formula is C22H27ClN4O3S. The molecule has 1 aliphatic heterocycles. The lowest BCUT2D eigenvalue weighted by Gasteiger charge is -2.28. The summed E-state index contributed by atoms with van der Waals surface area (Å²) in [5.41, 5.74) is 2.67. The van der Waals surface area contributed by atoms with Gasteiger partial charge in [-0.05, 0) is 43.9 Å². The SMILES string of the molecule is O=C(CSc1nc(=O)n(CCN2CCOCC2)c2c1CCCC2)Nc1cccc(Cl)c1. The average molecular weight is 463 g/mol. The van der Waals surface area contributed by atoms with Gasteiger partial charge < -0.3 is 10.1 Å². The number of fused-ring (bicyclic) bond motifs is 1. The fraction of sp³-hybridized carbons (Fsp3) is 0.500. The molecule has 2 heterocycles. The molecule has 2 aliphatic rings. The zero-order chi connectivity index (χ0) is 21.6. The van der Waals surface area contributed by atoms with Gasteiger partial charge in [-0.3, -0.25) is 14.3 Å². The quantitative estimate of drug-likeness (QED) is 0.503. The average Bonchev–Trinajstić information content (AvgIpc) is 2.78. The van der Waals surface area contributed by atoms with Crippen molar-refractivity contribution in [3.8, 4) is 0 Å². The first-order valence-corrected chi connectivity index (χ1v) is 12.1. The van der Waals surface area contributed by atoms with Crippen LogP contribution in [0.3, 0.4) is 0 Å². The minimum absolute atomic E-state index is 0.143. The molecule has 1 fully saturated rings. The Balaban J connectivity index is 1.44. The predicted molar refractivity (Wildman–Crippen MR) is 123 cm³/mol. The number of benzene rings is 1. The number of amides is 1. The van der Waals surface area contributed by atoms with Crippen LogP contribution in [0.15, 0.2) is 34.1 Å². The number of anilines is 1. The van der Waals surface area contributed by atoms with Crippen molar-refractivity contribution in [2.75, 3.05) is 43.9 Å². The van der Waals surface area contributed by atoms with Crippen LogP contribution in [0.4, 0.5) is 5.69 Å². The van der Waals surface area contributed by atoms with E-state index in [2.05, 4.69) is 15.2 Å². The van der Waals surface area contributed by atoms with Gasteiger partial charge in [0.2, 0.25) is 5.91 Å². The van der Waals surface area contributed by atoms with E-state index in [1.165, 1.54) is 11.8 Å². The molecule has 7 nitrogen and oxygen atoms in total. The molecule has 0 bridgehead atoms. The maximum Gasteiger partial charge on any atom is 0.348 e. The number of rotatable bonds is 7. The van der Waals surface area contributed by atoms with E-state index >= 15 is 0 Å². The molecule has 1 aromatic carbocycles. The van der Waals surface area contributed by atoms with Crippen LogP contribution in [0.2, 0.25) is 5.02 Å². The zero-order valence-corrected chi connectivity index (χ0v) is 19.0. The molecule has 166 valence electrons. The molecule has 2 aromatic rings. The van der Waals surface area contributed by atoms with Crippen molar-refractivity contribution in [1.82, 2.24) is 14.5 Å². The number of halogens is 1. The van der Waals surface area contributed by atoms with Gasteiger partial charge in [-0.15, -0.1) is 0 Å². The van der Waals surface area contributed by atoms with Crippen LogP contribution in [0.5, 0.6) is 0 Å². The molecule has 1 aliphatic carbocycles. The smallest absolute Gasteiger partial charge is 0.348 e. The molecule has 1 N–H and O–H groups in total. The van der Waals surface area contributed by atoms with Gasteiger partial charge in [0.1, 0.15) is 5.03 Å². The summed E-state index contributed by atoms with van der Waals surface area (Å²) in [7, 11) is 0. The Hall–Kier alpha value is -1.87. The monoisotopic (exact) mass is 462 g/mol. The Labute approximate surface area is 191 Å². The van der Waals surface area contributed by atoms with Crippen molar-refractivity contribution in [3.63, 3.8) is 0 Å². The highest BCUT2D eigenvalue weighted by Crippen LogP contribution is 2.28. The van der Waals surface area contributed by atoms with Gasteiger partial charge in [0.15, 0.2) is 0 Å². The molecule has 31 heavy (non-hydrogen) atoms. The summed E-state index contributed by atoms with van der Waals surface area (Å²) in [4.78, 5) is 31.9. The maximum atomic E-state index is 12.8. The minimum atomic E-state index is -0.216. The Morgan fingerprint density at radius 3 is 2.81 bits per heavy atom. The Morgan fingerprint density at radius 1 is 1.19 bits per heavy atom. The summed E-state index contributed by atoms with van der Waals surface area (Å²) in [6.45, 7) is 4.77. The van der Waals surface area contributed by atoms with Crippen LogP contribution >= 0.6 is 23.4 Å². The molecule has 0 unspecified atom stereocenters. The number of nitrogens with zero attached hydrogens (tertiary/aromatic N) is 3. The first-order chi connectivity index (χ1) is 15.1. The standard InChI is InChI=1S/C22H27ClN4O3S/c23-16-4-3-5-17(14-16)24-20(28)15-31-21-18-6-1-2-7-19(18)27(22(29)25-21)9-8-26-10-12-30-13-11-26/h3-5,14H,1-2,6-13,15H2,(H,24,28). The lowest BCUT2D eigenvalue weighted by atomic mass is 9.97. The number of ether oxygens (including phenoxy) is 1. The zero-order valence-electron chi connectivity index (χ0n) is 17.4. The minimum Gasteiger partial charge on any atom is -0.379 e.